The maximum atomic E-state index is 13.2. The van der Waals surface area contributed by atoms with Crippen LogP contribution in [-0.2, 0) is 6.42 Å². The molecule has 1 N–H and O–H groups in total. The summed E-state index contributed by atoms with van der Waals surface area (Å²) < 4.78 is 18.7. The summed E-state index contributed by atoms with van der Waals surface area (Å²) in [6, 6.07) is 10.4. The molecule has 0 aromatic heterocycles. The number of hydrogen-bond acceptors (Lipinski definition) is 2. The number of rotatable bonds is 2. The Labute approximate surface area is 111 Å². The fraction of sp³-hybridized carbons (Fsp3) is 0.250. The van der Waals surface area contributed by atoms with Gasteiger partial charge in [0.05, 0.1) is 6.61 Å². The monoisotopic (exact) mass is 258 g/mol. The Balaban J connectivity index is 1.94. The Hall–Kier alpha value is -1.87. The van der Waals surface area contributed by atoms with E-state index in [0.29, 0.717) is 17.7 Å². The maximum absolute atomic E-state index is 13.2. The maximum Gasteiger partial charge on any atom is 0.126 e. The fourth-order valence-corrected chi connectivity index (χ4v) is 2.41. The van der Waals surface area contributed by atoms with E-state index in [1.54, 1.807) is 19.1 Å². The number of aryl methyl sites for hydroxylation is 1. The minimum absolute atomic E-state index is 0.252. The lowest BCUT2D eigenvalue weighted by molar-refractivity contribution is 0.220. The highest BCUT2D eigenvalue weighted by atomic mass is 19.1. The van der Waals surface area contributed by atoms with Crippen molar-refractivity contribution in [3.8, 4) is 5.75 Å². The molecule has 98 valence electrons. The van der Waals surface area contributed by atoms with Crippen LogP contribution in [0.1, 0.15) is 28.4 Å². The number of aliphatic hydroxyl groups excluding tert-OH is 1. The third kappa shape index (κ3) is 2.22. The zero-order valence-electron chi connectivity index (χ0n) is 10.7. The zero-order valence-corrected chi connectivity index (χ0v) is 10.7. The second-order valence-electron chi connectivity index (χ2n) is 4.88. The average molecular weight is 258 g/mol. The summed E-state index contributed by atoms with van der Waals surface area (Å²) in [6.07, 6.45) is 0.142. The average Bonchev–Trinajstić information content (AvgIpc) is 2.88. The number of benzene rings is 2. The number of fused-ring (bicyclic) bond motifs is 1. The molecule has 0 spiro atoms. The molecular weight excluding hydrogens is 243 g/mol. The second-order valence-corrected chi connectivity index (χ2v) is 4.88. The molecule has 0 bridgehead atoms. The Kier molecular flexibility index (Phi) is 2.99. The molecule has 0 aliphatic carbocycles. The predicted molar refractivity (Wildman–Crippen MR) is 70.8 cm³/mol. The summed E-state index contributed by atoms with van der Waals surface area (Å²) in [4.78, 5) is 0. The highest BCUT2D eigenvalue weighted by Gasteiger charge is 2.17. The topological polar surface area (TPSA) is 29.5 Å². The zero-order chi connectivity index (χ0) is 13.4. The van der Waals surface area contributed by atoms with Gasteiger partial charge in [-0.2, -0.15) is 0 Å². The molecular formula is C16H15FO2. The van der Waals surface area contributed by atoms with Crippen LogP contribution in [0, 0.1) is 12.7 Å². The SMILES string of the molecule is Cc1cc(C(O)c2ccc3c(c2)CCO3)ccc1F. The van der Waals surface area contributed by atoms with Gasteiger partial charge in [-0.05, 0) is 47.4 Å². The highest BCUT2D eigenvalue weighted by Crippen LogP contribution is 2.30. The van der Waals surface area contributed by atoms with Crippen LogP contribution in [0.2, 0.25) is 0 Å². The molecule has 1 aliphatic rings. The van der Waals surface area contributed by atoms with E-state index >= 15 is 0 Å². The smallest absolute Gasteiger partial charge is 0.126 e. The molecule has 0 saturated heterocycles. The lowest BCUT2D eigenvalue weighted by atomic mass is 9.98. The van der Waals surface area contributed by atoms with Crippen molar-refractivity contribution < 1.29 is 14.2 Å². The first-order chi connectivity index (χ1) is 9.15. The molecule has 1 aliphatic heterocycles. The molecule has 1 heterocycles. The first-order valence-electron chi connectivity index (χ1n) is 6.35. The number of hydrogen-bond donors (Lipinski definition) is 1. The molecule has 0 fully saturated rings. The van der Waals surface area contributed by atoms with Crippen LogP contribution in [0.25, 0.3) is 0 Å². The molecule has 2 aromatic rings. The van der Waals surface area contributed by atoms with Gasteiger partial charge in [-0.1, -0.05) is 18.2 Å². The summed E-state index contributed by atoms with van der Waals surface area (Å²) >= 11 is 0. The number of ether oxygens (including phenoxy) is 1. The van der Waals surface area contributed by atoms with E-state index in [1.165, 1.54) is 6.07 Å². The van der Waals surface area contributed by atoms with Crippen molar-refractivity contribution in [1.82, 2.24) is 0 Å². The minimum atomic E-state index is -0.731. The van der Waals surface area contributed by atoms with E-state index in [2.05, 4.69) is 0 Å². The Bertz CT molecular complexity index is 622. The van der Waals surface area contributed by atoms with Gasteiger partial charge in [-0.15, -0.1) is 0 Å². The first kappa shape index (κ1) is 12.2. The van der Waals surface area contributed by atoms with E-state index < -0.39 is 6.10 Å². The van der Waals surface area contributed by atoms with Crippen molar-refractivity contribution in [2.24, 2.45) is 0 Å². The third-order valence-electron chi connectivity index (χ3n) is 3.53. The molecule has 19 heavy (non-hydrogen) atoms. The molecule has 1 unspecified atom stereocenters. The summed E-state index contributed by atoms with van der Waals surface area (Å²) in [7, 11) is 0. The van der Waals surface area contributed by atoms with E-state index in [9.17, 15) is 9.50 Å². The number of aliphatic hydroxyl groups is 1. The van der Waals surface area contributed by atoms with Gasteiger partial charge < -0.3 is 9.84 Å². The summed E-state index contributed by atoms with van der Waals surface area (Å²) in [6.45, 7) is 2.40. The second kappa shape index (κ2) is 4.67. The molecule has 0 amide bonds. The van der Waals surface area contributed by atoms with Gasteiger partial charge in [0.2, 0.25) is 0 Å². The van der Waals surface area contributed by atoms with Crippen LogP contribution < -0.4 is 4.74 Å². The lowest BCUT2D eigenvalue weighted by Crippen LogP contribution is -2.01. The van der Waals surface area contributed by atoms with Crippen LogP contribution in [0.5, 0.6) is 5.75 Å². The third-order valence-corrected chi connectivity index (χ3v) is 3.53. The van der Waals surface area contributed by atoms with Crippen molar-refractivity contribution in [3.05, 3.63) is 64.5 Å². The van der Waals surface area contributed by atoms with Gasteiger partial charge in [0.15, 0.2) is 0 Å². The molecule has 2 aromatic carbocycles. The van der Waals surface area contributed by atoms with Gasteiger partial charge in [-0.3, -0.25) is 0 Å². The van der Waals surface area contributed by atoms with Crippen molar-refractivity contribution in [2.45, 2.75) is 19.4 Å². The molecule has 1 atom stereocenters. The summed E-state index contributed by atoms with van der Waals surface area (Å²) in [5.41, 5.74) is 3.18. The van der Waals surface area contributed by atoms with Crippen LogP contribution in [0.4, 0.5) is 4.39 Å². The highest BCUT2D eigenvalue weighted by molar-refractivity contribution is 5.43. The van der Waals surface area contributed by atoms with E-state index in [-0.39, 0.29) is 5.82 Å². The van der Waals surface area contributed by atoms with Crippen molar-refractivity contribution in [1.29, 1.82) is 0 Å². The van der Waals surface area contributed by atoms with Crippen molar-refractivity contribution in [3.63, 3.8) is 0 Å². The van der Waals surface area contributed by atoms with Crippen LogP contribution >= 0.6 is 0 Å². The van der Waals surface area contributed by atoms with Gasteiger partial charge in [-0.25, -0.2) is 4.39 Å². The molecule has 3 heteroatoms. The quantitative estimate of drug-likeness (QED) is 0.896. The predicted octanol–water partition coefficient (Wildman–Crippen LogP) is 3.15. The van der Waals surface area contributed by atoms with E-state index in [1.807, 2.05) is 18.2 Å². The van der Waals surface area contributed by atoms with Gasteiger partial charge in [0.25, 0.3) is 0 Å². The fourth-order valence-electron chi connectivity index (χ4n) is 2.41. The molecule has 0 saturated carbocycles. The van der Waals surface area contributed by atoms with Crippen LogP contribution in [-0.4, -0.2) is 11.7 Å². The van der Waals surface area contributed by atoms with Gasteiger partial charge in [0, 0.05) is 6.42 Å². The number of halogens is 1. The Morgan fingerprint density at radius 2 is 1.89 bits per heavy atom. The molecule has 0 radical (unpaired) electrons. The standard InChI is InChI=1S/C16H15FO2/c1-10-8-12(2-4-14(10)17)16(18)13-3-5-15-11(9-13)6-7-19-15/h2-5,8-9,16,18H,6-7H2,1H3. The van der Waals surface area contributed by atoms with Gasteiger partial charge in [0.1, 0.15) is 17.7 Å². The Morgan fingerprint density at radius 3 is 2.68 bits per heavy atom. The largest absolute Gasteiger partial charge is 0.493 e. The molecule has 3 rings (SSSR count). The normalized spacial score (nSPS) is 14.9. The lowest BCUT2D eigenvalue weighted by Gasteiger charge is -2.13. The summed E-state index contributed by atoms with van der Waals surface area (Å²) in [5.74, 6) is 0.643. The van der Waals surface area contributed by atoms with Crippen LogP contribution in [0.3, 0.4) is 0 Å². The summed E-state index contributed by atoms with van der Waals surface area (Å²) in [5, 5.41) is 10.4. The van der Waals surface area contributed by atoms with Crippen LogP contribution in [0.15, 0.2) is 36.4 Å². The van der Waals surface area contributed by atoms with E-state index in [4.69, 9.17) is 4.74 Å². The molecule has 2 nitrogen and oxygen atoms in total. The van der Waals surface area contributed by atoms with Crippen molar-refractivity contribution >= 4 is 0 Å². The van der Waals surface area contributed by atoms with E-state index in [0.717, 1.165) is 23.3 Å². The Morgan fingerprint density at radius 1 is 1.16 bits per heavy atom. The first-order valence-corrected chi connectivity index (χ1v) is 6.35. The van der Waals surface area contributed by atoms with Crippen molar-refractivity contribution in [2.75, 3.05) is 6.61 Å². The van der Waals surface area contributed by atoms with Gasteiger partial charge >= 0.3 is 0 Å². The minimum Gasteiger partial charge on any atom is -0.493 e.